The number of carbonyl (C=O) groups excluding carboxylic acids is 1. The summed E-state index contributed by atoms with van der Waals surface area (Å²) in [7, 11) is -7.73. The Morgan fingerprint density at radius 2 is 1.76 bits per heavy atom. The summed E-state index contributed by atoms with van der Waals surface area (Å²) in [4.78, 5) is 12.0. The van der Waals surface area contributed by atoms with Gasteiger partial charge in [0.15, 0.2) is 21.5 Å². The summed E-state index contributed by atoms with van der Waals surface area (Å²) in [5.41, 5.74) is 7.23. The number of phenols is 1. The number of phenolic OH excluding ortho intramolecular Hbond substituents is 1. The van der Waals surface area contributed by atoms with Crippen molar-refractivity contribution in [1.82, 2.24) is 4.72 Å². The summed E-state index contributed by atoms with van der Waals surface area (Å²) in [5, 5.41) is 21.9. The molecule has 41 heavy (non-hydrogen) atoms. The predicted molar refractivity (Wildman–Crippen MR) is 155 cm³/mol. The number of sulfone groups is 1. The lowest BCUT2D eigenvalue weighted by Gasteiger charge is -2.15. The van der Waals surface area contributed by atoms with Crippen molar-refractivity contribution in [2.45, 2.75) is 42.4 Å². The van der Waals surface area contributed by atoms with Gasteiger partial charge in [0.05, 0.1) is 4.90 Å². The van der Waals surface area contributed by atoms with Crippen LogP contribution in [0.5, 0.6) is 11.5 Å². The number of nitrogens with one attached hydrogen (secondary N) is 1. The Labute approximate surface area is 239 Å². The second kappa shape index (κ2) is 13.6. The Balaban J connectivity index is 1.89. The molecule has 0 atom stereocenters. The van der Waals surface area contributed by atoms with Crippen LogP contribution in [-0.2, 0) is 31.1 Å². The van der Waals surface area contributed by atoms with Gasteiger partial charge in [-0.15, -0.1) is 0 Å². The van der Waals surface area contributed by atoms with Crippen molar-refractivity contribution in [3.63, 3.8) is 0 Å². The highest BCUT2D eigenvalue weighted by Gasteiger charge is 2.21. The van der Waals surface area contributed by atoms with Crippen LogP contribution in [0.25, 0.3) is 11.1 Å². The fourth-order valence-electron chi connectivity index (χ4n) is 4.04. The molecule has 13 heteroatoms. The first-order valence-corrected chi connectivity index (χ1v) is 16.1. The van der Waals surface area contributed by atoms with Crippen molar-refractivity contribution < 1.29 is 36.7 Å². The van der Waals surface area contributed by atoms with E-state index >= 15 is 0 Å². The molecule has 3 aromatic rings. The molecular weight excluding hydrogens is 570 g/mol. The topological polar surface area (TPSA) is 185 Å². The number of Topliss-reactive ketones (excluding diaryl/α,β-unsaturated/α-hetero) is 1. The second-order valence-electron chi connectivity index (χ2n) is 9.34. The van der Waals surface area contributed by atoms with Gasteiger partial charge in [0.2, 0.25) is 10.0 Å². The SMILES string of the molecule is CCCCC(=O)COc1cc(-c2ccccc2S(C)(=O)=O)ccc1CCNS(=O)(=O)c1cc(/C(N)=N\O)ccc1O. The van der Waals surface area contributed by atoms with E-state index in [4.69, 9.17) is 15.7 Å². The maximum absolute atomic E-state index is 12.9. The summed E-state index contributed by atoms with van der Waals surface area (Å²) in [6.07, 6.45) is 3.20. The van der Waals surface area contributed by atoms with E-state index in [-0.39, 0.29) is 41.7 Å². The number of nitrogens with zero attached hydrogens (tertiary/aromatic N) is 1. The largest absolute Gasteiger partial charge is 0.507 e. The van der Waals surface area contributed by atoms with E-state index in [2.05, 4.69) is 9.88 Å². The third-order valence-corrected chi connectivity index (χ3v) is 8.85. The third-order valence-electron chi connectivity index (χ3n) is 6.20. The number of carbonyl (C=O) groups is 1. The normalized spacial score (nSPS) is 12.3. The van der Waals surface area contributed by atoms with Crippen LogP contribution in [0.3, 0.4) is 0 Å². The molecule has 3 aromatic carbocycles. The minimum Gasteiger partial charge on any atom is -0.507 e. The molecule has 0 amide bonds. The maximum Gasteiger partial charge on any atom is 0.244 e. The van der Waals surface area contributed by atoms with Crippen molar-refractivity contribution in [2.75, 3.05) is 19.4 Å². The number of ketones is 1. The summed E-state index contributed by atoms with van der Waals surface area (Å²) < 4.78 is 58.9. The molecule has 3 rings (SSSR count). The molecule has 0 heterocycles. The molecule has 0 aliphatic carbocycles. The summed E-state index contributed by atoms with van der Waals surface area (Å²) in [6.45, 7) is 1.68. The summed E-state index contributed by atoms with van der Waals surface area (Å²) in [6, 6.07) is 15.0. The molecule has 0 unspecified atom stereocenters. The molecule has 220 valence electrons. The van der Waals surface area contributed by atoms with Crippen molar-refractivity contribution in [3.8, 4) is 22.6 Å². The molecule has 0 radical (unpaired) electrons. The van der Waals surface area contributed by atoms with Crippen LogP contribution in [0.4, 0.5) is 0 Å². The van der Waals surface area contributed by atoms with Gasteiger partial charge in [-0.25, -0.2) is 21.6 Å². The van der Waals surface area contributed by atoms with Gasteiger partial charge >= 0.3 is 0 Å². The Kier molecular flexibility index (Phi) is 10.5. The predicted octanol–water partition coefficient (Wildman–Crippen LogP) is 3.22. The van der Waals surface area contributed by atoms with Crippen LogP contribution in [0.15, 0.2) is 75.6 Å². The Morgan fingerprint density at radius 1 is 1.02 bits per heavy atom. The average molecular weight is 604 g/mol. The fourth-order valence-corrected chi connectivity index (χ4v) is 6.10. The van der Waals surface area contributed by atoms with Crippen molar-refractivity contribution in [3.05, 3.63) is 71.8 Å². The number of oxime groups is 1. The van der Waals surface area contributed by atoms with Crippen LogP contribution in [0, 0.1) is 0 Å². The Bertz CT molecular complexity index is 1650. The van der Waals surface area contributed by atoms with Gasteiger partial charge in [-0.05, 0) is 54.3 Å². The first-order chi connectivity index (χ1) is 19.4. The Morgan fingerprint density at radius 3 is 2.44 bits per heavy atom. The van der Waals surface area contributed by atoms with Gasteiger partial charge < -0.3 is 20.8 Å². The van der Waals surface area contributed by atoms with Gasteiger partial charge in [-0.3, -0.25) is 4.79 Å². The molecule has 5 N–H and O–H groups in total. The average Bonchev–Trinajstić information content (AvgIpc) is 2.94. The number of amidine groups is 1. The van der Waals surface area contributed by atoms with Gasteiger partial charge in [0.25, 0.3) is 0 Å². The van der Waals surface area contributed by atoms with Crippen LogP contribution in [0.2, 0.25) is 0 Å². The van der Waals surface area contributed by atoms with E-state index in [0.29, 0.717) is 28.9 Å². The second-order valence-corrected chi connectivity index (χ2v) is 13.1. The number of ether oxygens (including phenoxy) is 1. The quantitative estimate of drug-likeness (QED) is 0.0929. The molecule has 0 aliphatic heterocycles. The lowest BCUT2D eigenvalue weighted by atomic mass is 10.0. The van der Waals surface area contributed by atoms with Gasteiger partial charge in [-0.1, -0.05) is 48.8 Å². The number of hydrogen-bond donors (Lipinski definition) is 4. The number of hydrogen-bond acceptors (Lipinski definition) is 9. The zero-order valence-corrected chi connectivity index (χ0v) is 24.3. The summed E-state index contributed by atoms with van der Waals surface area (Å²) >= 11 is 0. The number of nitrogens with two attached hydrogens (primary N) is 1. The maximum atomic E-state index is 12.9. The van der Waals surface area contributed by atoms with Crippen LogP contribution >= 0.6 is 0 Å². The number of benzene rings is 3. The highest BCUT2D eigenvalue weighted by atomic mass is 32.2. The molecule has 0 aromatic heterocycles. The van der Waals surface area contributed by atoms with E-state index in [0.717, 1.165) is 31.2 Å². The van der Waals surface area contributed by atoms with E-state index in [1.807, 2.05) is 6.92 Å². The van der Waals surface area contributed by atoms with Gasteiger partial charge in [-0.2, -0.15) is 0 Å². The van der Waals surface area contributed by atoms with Crippen LogP contribution in [0.1, 0.15) is 37.3 Å². The number of rotatable bonds is 14. The number of sulfonamides is 1. The standard InChI is InChI=1S/C28H33N3O8S2/c1-3-4-7-22(32)18-39-25-16-20(23-8-5-6-9-26(23)40(2,35)36)11-10-19(25)14-15-30-41(37,38)27-17-21(28(29)31-34)12-13-24(27)33/h5-6,8-13,16-17,30,33-34H,3-4,7,14-15,18H2,1-2H3,(H2,29,31). The molecular formula is C28H33N3O8S2. The van der Waals surface area contributed by atoms with E-state index < -0.39 is 30.5 Å². The molecule has 0 aliphatic rings. The molecule has 0 saturated carbocycles. The van der Waals surface area contributed by atoms with Crippen molar-refractivity contribution >= 4 is 31.5 Å². The van der Waals surface area contributed by atoms with Gasteiger partial charge in [0, 0.05) is 30.3 Å². The highest BCUT2D eigenvalue weighted by Crippen LogP contribution is 2.32. The smallest absolute Gasteiger partial charge is 0.244 e. The zero-order valence-electron chi connectivity index (χ0n) is 22.7. The van der Waals surface area contributed by atoms with Crippen LogP contribution in [-0.4, -0.2) is 58.2 Å². The van der Waals surface area contributed by atoms with Crippen molar-refractivity contribution in [1.29, 1.82) is 0 Å². The van der Waals surface area contributed by atoms with E-state index in [1.165, 1.54) is 12.1 Å². The Hall–Kier alpha value is -3.94. The lowest BCUT2D eigenvalue weighted by Crippen LogP contribution is -2.27. The van der Waals surface area contributed by atoms with E-state index in [1.54, 1.807) is 36.4 Å². The molecule has 0 spiro atoms. The first-order valence-electron chi connectivity index (χ1n) is 12.7. The monoisotopic (exact) mass is 603 g/mol. The number of aromatic hydroxyl groups is 1. The first kappa shape index (κ1) is 31.6. The minimum atomic E-state index is -4.20. The van der Waals surface area contributed by atoms with E-state index in [9.17, 15) is 26.7 Å². The highest BCUT2D eigenvalue weighted by molar-refractivity contribution is 7.91. The van der Waals surface area contributed by atoms with Gasteiger partial charge in [0.1, 0.15) is 23.0 Å². The minimum absolute atomic E-state index is 0.0958. The van der Waals surface area contributed by atoms with Crippen molar-refractivity contribution in [2.24, 2.45) is 10.9 Å². The molecule has 11 nitrogen and oxygen atoms in total. The molecule has 0 saturated heterocycles. The molecule has 0 bridgehead atoms. The van der Waals surface area contributed by atoms with Crippen LogP contribution < -0.4 is 15.2 Å². The summed E-state index contributed by atoms with van der Waals surface area (Å²) in [5.74, 6) is -0.627. The zero-order chi connectivity index (χ0) is 30.2. The molecule has 0 fully saturated rings. The lowest BCUT2D eigenvalue weighted by molar-refractivity contribution is -0.121. The fraction of sp³-hybridized carbons (Fsp3) is 0.286. The number of unbranched alkanes of at least 4 members (excludes halogenated alkanes) is 1. The third kappa shape index (κ3) is 8.28.